The zero-order valence-electron chi connectivity index (χ0n) is 22.7. The minimum absolute atomic E-state index is 0. The van der Waals surface area contributed by atoms with Crippen LogP contribution in [0.2, 0.25) is 0 Å². The van der Waals surface area contributed by atoms with Crippen LogP contribution in [0.4, 0.5) is 13.2 Å². The predicted octanol–water partition coefficient (Wildman–Crippen LogP) is 5.44. The number of halogens is 3. The molecule has 0 aliphatic heterocycles. The standard InChI is InChI=1S/C25H25F3N3.2C2H6.Na/c1-14-9-15(2)23(26)20(10-14)24-30-21-8-7-17(11-22(21)31(24)19-5-4-6-19)16(3)29-18-12-25(27,28)13-18;2*1-2;/h7-11,18,29H,3-6,12-13H2,1-2H3;2*1-2H3;/q-1;;;+1. The number of aromatic nitrogens is 2. The molecule has 1 N–H and O–H groups in total. The summed E-state index contributed by atoms with van der Waals surface area (Å²) < 4.78 is 43.5. The fourth-order valence-corrected chi connectivity index (χ4v) is 4.53. The van der Waals surface area contributed by atoms with Gasteiger partial charge in [-0.15, -0.1) is 6.04 Å². The Kier molecular flexibility index (Phi) is 10.6. The van der Waals surface area contributed by atoms with Gasteiger partial charge in [0, 0.05) is 35.9 Å². The summed E-state index contributed by atoms with van der Waals surface area (Å²) in [7, 11) is 0. The van der Waals surface area contributed by atoms with E-state index in [-0.39, 0.29) is 54.3 Å². The van der Waals surface area contributed by atoms with Crippen molar-refractivity contribution in [3.63, 3.8) is 0 Å². The summed E-state index contributed by atoms with van der Waals surface area (Å²) in [5, 5.41) is 3.12. The van der Waals surface area contributed by atoms with Crippen molar-refractivity contribution in [1.82, 2.24) is 14.9 Å². The maximum absolute atomic E-state index is 15.1. The molecule has 0 saturated heterocycles. The monoisotopic (exact) mass is 507 g/mol. The number of hydrogen-bond acceptors (Lipinski definition) is 2. The van der Waals surface area contributed by atoms with Gasteiger partial charge in [0.15, 0.2) is 0 Å². The number of nitrogens with zero attached hydrogens (tertiary/aromatic N) is 2. The van der Waals surface area contributed by atoms with E-state index in [1.54, 1.807) is 6.92 Å². The van der Waals surface area contributed by atoms with Crippen LogP contribution in [0.1, 0.15) is 76.5 Å². The van der Waals surface area contributed by atoms with Gasteiger partial charge in [-0.1, -0.05) is 83.4 Å². The number of alkyl halides is 2. The molecule has 3 aromatic rings. The van der Waals surface area contributed by atoms with Gasteiger partial charge in [0.25, 0.3) is 5.92 Å². The maximum atomic E-state index is 15.1. The number of imidazole rings is 1. The second kappa shape index (κ2) is 12.6. The SMILES string of the molecule is C=C(NC1CC(F)(F)C1)c1ccc2nc(-c3cc(C)cc(C)c3F)n([C-]3CCC3)c2c1.CC.CC.[Na+]. The first-order valence-corrected chi connectivity index (χ1v) is 12.7. The van der Waals surface area contributed by atoms with Crippen LogP contribution in [-0.2, 0) is 0 Å². The van der Waals surface area contributed by atoms with E-state index >= 15 is 4.39 Å². The van der Waals surface area contributed by atoms with Gasteiger partial charge in [0.2, 0.25) is 0 Å². The van der Waals surface area contributed by atoms with Gasteiger partial charge in [-0.05, 0) is 42.1 Å². The first-order valence-electron chi connectivity index (χ1n) is 12.7. The Bertz CT molecular complexity index is 1190. The third-order valence-corrected chi connectivity index (χ3v) is 6.36. The van der Waals surface area contributed by atoms with Crippen molar-refractivity contribution in [3.05, 3.63) is 65.5 Å². The maximum Gasteiger partial charge on any atom is 1.00 e. The van der Waals surface area contributed by atoms with Gasteiger partial charge in [-0.2, -0.15) is 0 Å². The largest absolute Gasteiger partial charge is 1.00 e. The molecule has 2 fully saturated rings. The Hall–Kier alpha value is -1.89. The molecule has 5 rings (SSSR count). The van der Waals surface area contributed by atoms with Crippen molar-refractivity contribution in [2.45, 2.75) is 85.6 Å². The fraction of sp³-hybridized carbons (Fsp3) is 0.448. The molecular weight excluding hydrogens is 470 g/mol. The van der Waals surface area contributed by atoms with E-state index in [0.717, 1.165) is 41.4 Å². The molecule has 1 heterocycles. The third-order valence-electron chi connectivity index (χ3n) is 6.36. The second-order valence-electron chi connectivity index (χ2n) is 8.92. The molecule has 0 unspecified atom stereocenters. The minimum atomic E-state index is -2.58. The number of benzene rings is 2. The fourth-order valence-electron chi connectivity index (χ4n) is 4.53. The van der Waals surface area contributed by atoms with Crippen LogP contribution in [-0.4, -0.2) is 21.5 Å². The average Bonchev–Trinajstić information content (AvgIpc) is 3.14. The van der Waals surface area contributed by atoms with Gasteiger partial charge < -0.3 is 14.9 Å². The molecule has 1 aromatic heterocycles. The predicted molar refractivity (Wildman–Crippen MR) is 140 cm³/mol. The quantitative estimate of drug-likeness (QED) is 0.368. The second-order valence-corrected chi connectivity index (χ2v) is 8.92. The van der Waals surface area contributed by atoms with Gasteiger partial charge in [0.1, 0.15) is 5.82 Å². The Labute approximate surface area is 235 Å². The molecule has 0 radical (unpaired) electrons. The Morgan fingerprint density at radius 2 is 1.72 bits per heavy atom. The molecule has 0 amide bonds. The third kappa shape index (κ3) is 6.15. The van der Waals surface area contributed by atoms with Crippen LogP contribution in [0.15, 0.2) is 36.9 Å². The zero-order chi connectivity index (χ0) is 25.9. The molecule has 190 valence electrons. The number of hydrogen-bond donors (Lipinski definition) is 1. The molecule has 7 heteroatoms. The summed E-state index contributed by atoms with van der Waals surface area (Å²) in [4.78, 5) is 4.79. The molecule has 0 bridgehead atoms. The van der Waals surface area contributed by atoms with Crippen LogP contribution in [0, 0.1) is 25.7 Å². The van der Waals surface area contributed by atoms with E-state index in [1.165, 1.54) is 6.04 Å². The van der Waals surface area contributed by atoms with Crippen LogP contribution in [0.3, 0.4) is 0 Å². The van der Waals surface area contributed by atoms with E-state index in [9.17, 15) is 8.78 Å². The van der Waals surface area contributed by atoms with Gasteiger partial charge in [-0.3, -0.25) is 0 Å². The molecular formula is C29H37F3N3Na. The molecule has 2 saturated carbocycles. The molecule has 2 aliphatic rings. The number of nitrogens with one attached hydrogen (secondary N) is 1. The van der Waals surface area contributed by atoms with Gasteiger partial charge in [-0.25, -0.2) is 13.2 Å². The van der Waals surface area contributed by atoms with Crippen molar-refractivity contribution in [2.24, 2.45) is 0 Å². The van der Waals surface area contributed by atoms with Crippen LogP contribution < -0.4 is 34.9 Å². The van der Waals surface area contributed by atoms with Crippen LogP contribution in [0.5, 0.6) is 0 Å². The van der Waals surface area contributed by atoms with Crippen LogP contribution >= 0.6 is 0 Å². The summed E-state index contributed by atoms with van der Waals surface area (Å²) in [6, 6.07) is 10.4. The summed E-state index contributed by atoms with van der Waals surface area (Å²) in [6.07, 6.45) is 2.67. The normalized spacial score (nSPS) is 15.9. The van der Waals surface area contributed by atoms with E-state index < -0.39 is 5.92 Å². The van der Waals surface area contributed by atoms with Crippen LogP contribution in [0.25, 0.3) is 28.1 Å². The summed E-state index contributed by atoms with van der Waals surface area (Å²) in [5.41, 5.74) is 5.21. The molecule has 0 atom stereocenters. The molecule has 2 aromatic carbocycles. The topological polar surface area (TPSA) is 29.9 Å². The van der Waals surface area contributed by atoms with E-state index in [4.69, 9.17) is 4.98 Å². The Morgan fingerprint density at radius 1 is 1.08 bits per heavy atom. The number of fused-ring (bicyclic) bond motifs is 1. The van der Waals surface area contributed by atoms with E-state index in [2.05, 4.69) is 16.5 Å². The van der Waals surface area contributed by atoms with E-state index in [0.29, 0.717) is 22.6 Å². The van der Waals surface area contributed by atoms with Crippen molar-refractivity contribution in [1.29, 1.82) is 0 Å². The average molecular weight is 508 g/mol. The van der Waals surface area contributed by atoms with E-state index in [1.807, 2.05) is 65.0 Å². The van der Waals surface area contributed by atoms with Crippen molar-refractivity contribution < 1.29 is 42.7 Å². The van der Waals surface area contributed by atoms with Crippen molar-refractivity contribution in [3.8, 4) is 11.4 Å². The van der Waals surface area contributed by atoms with Gasteiger partial charge >= 0.3 is 29.6 Å². The molecule has 36 heavy (non-hydrogen) atoms. The summed E-state index contributed by atoms with van der Waals surface area (Å²) >= 11 is 0. The van der Waals surface area contributed by atoms with Gasteiger partial charge in [0.05, 0.1) is 0 Å². The minimum Gasteiger partial charge on any atom is -0.459 e. The first-order chi connectivity index (χ1) is 16.7. The summed E-state index contributed by atoms with van der Waals surface area (Å²) in [5.74, 6) is -2.21. The molecule has 0 spiro atoms. The smallest absolute Gasteiger partial charge is 0.459 e. The summed E-state index contributed by atoms with van der Waals surface area (Å²) in [6.45, 7) is 15.8. The van der Waals surface area contributed by atoms with Crippen molar-refractivity contribution in [2.75, 3.05) is 0 Å². The molecule has 2 aliphatic carbocycles. The first kappa shape index (κ1) is 30.3. The van der Waals surface area contributed by atoms with Crippen molar-refractivity contribution >= 4 is 16.7 Å². The zero-order valence-corrected chi connectivity index (χ0v) is 24.7. The molecule has 3 nitrogen and oxygen atoms in total. The number of aryl methyl sites for hydroxylation is 2. The Morgan fingerprint density at radius 3 is 2.28 bits per heavy atom. The number of rotatable bonds is 5. The Balaban J connectivity index is 0.000000871.